The molecule has 3 heterocycles. The average molecular weight is 403 g/mol. The summed E-state index contributed by atoms with van der Waals surface area (Å²) in [7, 11) is 0. The van der Waals surface area contributed by atoms with Crippen LogP contribution in [0.4, 0.5) is 0 Å². The molecule has 0 atom stereocenters. The first kappa shape index (κ1) is 17.3. The van der Waals surface area contributed by atoms with Crippen LogP contribution in [-0.4, -0.2) is 9.97 Å². The second kappa shape index (κ2) is 6.75. The number of fused-ring (bicyclic) bond motifs is 3. The zero-order valence-corrected chi connectivity index (χ0v) is 17.0. The van der Waals surface area contributed by atoms with Crippen LogP contribution in [0.25, 0.3) is 21.7 Å². The summed E-state index contributed by atoms with van der Waals surface area (Å²) in [5.74, 6) is 0. The minimum atomic E-state index is -0.540. The van der Waals surface area contributed by atoms with Gasteiger partial charge in [0.25, 0.3) is 0 Å². The van der Waals surface area contributed by atoms with E-state index in [1.165, 1.54) is 27.1 Å². The summed E-state index contributed by atoms with van der Waals surface area (Å²) < 4.78 is 0. The van der Waals surface area contributed by atoms with Gasteiger partial charge in [0, 0.05) is 6.20 Å². The van der Waals surface area contributed by atoms with Crippen molar-refractivity contribution in [2.45, 2.75) is 5.41 Å². The first-order chi connectivity index (χ1) is 14.9. The molecule has 2 nitrogen and oxygen atoms in total. The number of aromatic nitrogens is 2. The third kappa shape index (κ3) is 2.36. The zero-order valence-electron chi connectivity index (χ0n) is 16.2. The van der Waals surface area contributed by atoms with Gasteiger partial charge in [-0.25, -0.2) is 0 Å². The second-order valence-corrected chi connectivity index (χ2v) is 8.39. The molecule has 0 saturated heterocycles. The highest BCUT2D eigenvalue weighted by Gasteiger charge is 2.48. The molecule has 0 fully saturated rings. The summed E-state index contributed by atoms with van der Waals surface area (Å²) in [4.78, 5) is 11.2. The molecule has 1 aliphatic rings. The topological polar surface area (TPSA) is 25.8 Å². The first-order valence-corrected chi connectivity index (χ1v) is 10.9. The molecule has 0 spiro atoms. The van der Waals surface area contributed by atoms with Crippen molar-refractivity contribution in [2.75, 3.05) is 0 Å². The van der Waals surface area contributed by atoms with Gasteiger partial charge in [0.2, 0.25) is 0 Å². The van der Waals surface area contributed by atoms with Crippen molar-refractivity contribution >= 4 is 11.3 Å². The van der Waals surface area contributed by atoms with E-state index < -0.39 is 5.41 Å². The Balaban J connectivity index is 1.74. The number of nitrogens with zero attached hydrogens (tertiary/aromatic N) is 2. The van der Waals surface area contributed by atoms with Crippen LogP contribution >= 0.6 is 11.3 Å². The summed E-state index contributed by atoms with van der Waals surface area (Å²) >= 11 is 1.72. The van der Waals surface area contributed by atoms with Crippen LogP contribution < -0.4 is 0 Å². The van der Waals surface area contributed by atoms with Gasteiger partial charge in [-0.15, -0.1) is 11.3 Å². The van der Waals surface area contributed by atoms with Gasteiger partial charge >= 0.3 is 0 Å². The lowest BCUT2D eigenvalue weighted by Gasteiger charge is -2.31. The predicted octanol–water partition coefficient (Wildman–Crippen LogP) is 6.57. The number of rotatable bonds is 3. The Morgan fingerprint density at radius 2 is 1.30 bits per heavy atom. The molecule has 142 valence electrons. The van der Waals surface area contributed by atoms with Crippen LogP contribution in [-0.2, 0) is 5.41 Å². The zero-order chi connectivity index (χ0) is 20.0. The van der Waals surface area contributed by atoms with E-state index in [0.29, 0.717) is 0 Å². The van der Waals surface area contributed by atoms with Gasteiger partial charge in [0.1, 0.15) is 5.41 Å². The van der Waals surface area contributed by atoms with Crippen molar-refractivity contribution in [3.8, 4) is 21.7 Å². The molecule has 0 N–H and O–H groups in total. The molecule has 0 unspecified atom stereocenters. The molecule has 0 aliphatic heterocycles. The van der Waals surface area contributed by atoms with Crippen LogP contribution in [0.1, 0.15) is 22.5 Å². The largest absolute Gasteiger partial charge is 0.260 e. The van der Waals surface area contributed by atoms with Gasteiger partial charge < -0.3 is 0 Å². The van der Waals surface area contributed by atoms with E-state index in [1.54, 1.807) is 11.3 Å². The van der Waals surface area contributed by atoms with Crippen LogP contribution in [0.5, 0.6) is 0 Å². The van der Waals surface area contributed by atoms with Gasteiger partial charge in [0.05, 0.1) is 22.0 Å². The summed E-state index contributed by atoms with van der Waals surface area (Å²) in [6, 6.07) is 34.0. The van der Waals surface area contributed by atoms with E-state index in [9.17, 15) is 0 Å². The fourth-order valence-corrected chi connectivity index (χ4v) is 5.40. The van der Waals surface area contributed by atoms with E-state index >= 15 is 0 Å². The van der Waals surface area contributed by atoms with Crippen LogP contribution in [0.15, 0.2) is 109 Å². The Morgan fingerprint density at radius 3 is 1.97 bits per heavy atom. The third-order valence-electron chi connectivity index (χ3n) is 5.91. The lowest BCUT2D eigenvalue weighted by atomic mass is 9.72. The van der Waals surface area contributed by atoms with Gasteiger partial charge in [-0.1, -0.05) is 66.7 Å². The molecule has 0 saturated carbocycles. The average Bonchev–Trinajstić information content (AvgIpc) is 3.46. The first-order valence-electron chi connectivity index (χ1n) is 10.0. The Bertz CT molecular complexity index is 1290. The molecular weight excluding hydrogens is 384 g/mol. The van der Waals surface area contributed by atoms with E-state index in [1.807, 2.05) is 12.3 Å². The number of hydrogen-bond donors (Lipinski definition) is 0. The molecule has 30 heavy (non-hydrogen) atoms. The van der Waals surface area contributed by atoms with E-state index in [-0.39, 0.29) is 0 Å². The molecule has 6 rings (SSSR count). The maximum atomic E-state index is 5.21. The Labute approximate surface area is 179 Å². The number of hydrogen-bond acceptors (Lipinski definition) is 3. The molecule has 3 aromatic heterocycles. The summed E-state index contributed by atoms with van der Waals surface area (Å²) in [5.41, 5.74) is 7.44. The quantitative estimate of drug-likeness (QED) is 0.335. The molecule has 2 aromatic carbocycles. The van der Waals surface area contributed by atoms with Gasteiger partial charge in [0.15, 0.2) is 0 Å². The van der Waals surface area contributed by atoms with Gasteiger partial charge in [-0.3, -0.25) is 9.97 Å². The SMILES string of the molecule is c1ccc(C2(c3cccc(-c4cccs4)n3)c3ccccc3-c3ccccc32)nc1. The normalized spacial score (nSPS) is 13.6. The van der Waals surface area contributed by atoms with Crippen molar-refractivity contribution < 1.29 is 0 Å². The molecular formula is C27H18N2S. The van der Waals surface area contributed by atoms with Crippen LogP contribution in [0, 0.1) is 0 Å². The molecule has 3 heteroatoms. The third-order valence-corrected chi connectivity index (χ3v) is 6.80. The van der Waals surface area contributed by atoms with Crippen molar-refractivity contribution in [2.24, 2.45) is 0 Å². The molecule has 1 aliphatic carbocycles. The fraction of sp³-hybridized carbons (Fsp3) is 0.0370. The van der Waals surface area contributed by atoms with Gasteiger partial charge in [-0.2, -0.15) is 0 Å². The summed E-state index contributed by atoms with van der Waals surface area (Å²) in [6.07, 6.45) is 1.88. The predicted molar refractivity (Wildman–Crippen MR) is 123 cm³/mol. The number of pyridine rings is 2. The van der Waals surface area contributed by atoms with E-state index in [4.69, 9.17) is 9.97 Å². The Morgan fingerprint density at radius 1 is 0.600 bits per heavy atom. The monoisotopic (exact) mass is 402 g/mol. The summed E-state index contributed by atoms with van der Waals surface area (Å²) in [5, 5.41) is 2.10. The highest BCUT2D eigenvalue weighted by molar-refractivity contribution is 7.13. The maximum absolute atomic E-state index is 5.21. The van der Waals surface area contributed by atoms with E-state index in [2.05, 4.69) is 96.4 Å². The standard InChI is InChI=1S/C27H18N2S/c1-3-11-21-19(9-1)20-10-2-4-12-22(20)27(21,25-15-5-6-17-28-25)26-16-7-13-23(29-26)24-14-8-18-30-24/h1-18H. The molecule has 0 bridgehead atoms. The highest BCUT2D eigenvalue weighted by atomic mass is 32.1. The van der Waals surface area contributed by atoms with Crippen LogP contribution in [0.2, 0.25) is 0 Å². The Hall–Kier alpha value is -3.56. The Kier molecular flexibility index (Phi) is 3.90. The maximum Gasteiger partial charge on any atom is 0.106 e. The fourth-order valence-electron chi connectivity index (χ4n) is 4.71. The minimum Gasteiger partial charge on any atom is -0.260 e. The number of thiophene rings is 1. The van der Waals surface area contributed by atoms with Crippen molar-refractivity contribution in [3.05, 3.63) is 131 Å². The van der Waals surface area contributed by atoms with Crippen molar-refractivity contribution in [1.29, 1.82) is 0 Å². The molecule has 0 amide bonds. The van der Waals surface area contributed by atoms with Crippen molar-refractivity contribution in [3.63, 3.8) is 0 Å². The van der Waals surface area contributed by atoms with Gasteiger partial charge in [-0.05, 0) is 58.0 Å². The lowest BCUT2D eigenvalue weighted by molar-refractivity contribution is 0.707. The molecule has 5 aromatic rings. The lowest BCUT2D eigenvalue weighted by Crippen LogP contribution is -2.30. The summed E-state index contributed by atoms with van der Waals surface area (Å²) in [6.45, 7) is 0. The van der Waals surface area contributed by atoms with E-state index in [0.717, 1.165) is 17.1 Å². The second-order valence-electron chi connectivity index (χ2n) is 7.44. The van der Waals surface area contributed by atoms with Crippen molar-refractivity contribution in [1.82, 2.24) is 9.97 Å². The number of benzene rings is 2. The molecule has 0 radical (unpaired) electrons. The highest BCUT2D eigenvalue weighted by Crippen LogP contribution is 2.55. The van der Waals surface area contributed by atoms with Crippen LogP contribution in [0.3, 0.4) is 0 Å². The minimum absolute atomic E-state index is 0.540. The smallest absolute Gasteiger partial charge is 0.106 e.